The van der Waals surface area contributed by atoms with Crippen molar-refractivity contribution in [1.82, 2.24) is 0 Å². The van der Waals surface area contributed by atoms with Gasteiger partial charge < -0.3 is 11.6 Å². The van der Waals surface area contributed by atoms with E-state index in [1.165, 1.54) is 24.3 Å². The van der Waals surface area contributed by atoms with E-state index in [4.69, 9.17) is 0 Å². The van der Waals surface area contributed by atoms with Gasteiger partial charge in [0.15, 0.2) is 11.6 Å². The van der Waals surface area contributed by atoms with E-state index < -0.39 is 11.6 Å². The van der Waals surface area contributed by atoms with Crippen LogP contribution in [-0.4, -0.2) is 21.8 Å². The Hall–Kier alpha value is -1.62. The Kier molecular flexibility index (Phi) is 3.49. The van der Waals surface area contributed by atoms with Gasteiger partial charge in [-0.3, -0.25) is 9.59 Å². The molecule has 3 rings (SSSR count). The summed E-state index contributed by atoms with van der Waals surface area (Å²) in [5, 5.41) is 19.4. The summed E-state index contributed by atoms with van der Waals surface area (Å²) in [6.45, 7) is 0. The smallest absolute Gasteiger partial charge is 1.00 e. The molecule has 0 amide bonds. The summed E-state index contributed by atoms with van der Waals surface area (Å²) >= 11 is 0. The van der Waals surface area contributed by atoms with Crippen LogP contribution in [-0.2, 0) is 0 Å². The molecule has 0 heterocycles. The third-order valence-electron chi connectivity index (χ3n) is 3.03. The number of hydrogen-bond donors (Lipinski definition) is 2. The number of phenols is 2. The van der Waals surface area contributed by atoms with Gasteiger partial charge >= 0.3 is 29.6 Å². The van der Waals surface area contributed by atoms with Crippen LogP contribution in [0.3, 0.4) is 0 Å². The summed E-state index contributed by atoms with van der Waals surface area (Å²) in [4.78, 5) is 24.4. The SMILES string of the molecule is O=C1c2ccccc2C(=O)c2c(O)ccc(O)c21.[H-].[Na+]. The van der Waals surface area contributed by atoms with Gasteiger partial charge in [-0.2, -0.15) is 0 Å². The van der Waals surface area contributed by atoms with Crippen LogP contribution in [0.1, 0.15) is 33.3 Å². The molecule has 0 unspecified atom stereocenters. The predicted octanol–water partition coefficient (Wildman–Crippen LogP) is -1.01. The molecule has 5 heteroatoms. The summed E-state index contributed by atoms with van der Waals surface area (Å²) in [7, 11) is 0. The fourth-order valence-electron chi connectivity index (χ4n) is 2.19. The van der Waals surface area contributed by atoms with Crippen LogP contribution in [0, 0.1) is 0 Å². The fraction of sp³-hybridized carbons (Fsp3) is 0. The maximum absolute atomic E-state index is 12.2. The largest absolute Gasteiger partial charge is 1.00 e. The minimum atomic E-state index is -0.450. The molecular formula is C14H9NaO4. The average Bonchev–Trinajstić information content (AvgIpc) is 2.38. The number of aromatic hydroxyl groups is 2. The third-order valence-corrected chi connectivity index (χ3v) is 3.03. The third kappa shape index (κ3) is 1.89. The van der Waals surface area contributed by atoms with Crippen LogP contribution in [0.15, 0.2) is 36.4 Å². The molecule has 0 atom stereocenters. The van der Waals surface area contributed by atoms with Gasteiger partial charge in [0.1, 0.15) is 11.5 Å². The van der Waals surface area contributed by atoms with Crippen LogP contribution >= 0.6 is 0 Å². The van der Waals surface area contributed by atoms with Crippen molar-refractivity contribution in [2.24, 2.45) is 0 Å². The van der Waals surface area contributed by atoms with Gasteiger partial charge in [-0.25, -0.2) is 0 Å². The van der Waals surface area contributed by atoms with E-state index in [-0.39, 0.29) is 64.7 Å². The number of carbonyl (C=O) groups excluding carboxylic acids is 2. The molecule has 0 saturated heterocycles. The van der Waals surface area contributed by atoms with Gasteiger partial charge in [-0.15, -0.1) is 0 Å². The number of benzene rings is 2. The van der Waals surface area contributed by atoms with Crippen molar-refractivity contribution in [2.75, 3.05) is 0 Å². The second kappa shape index (κ2) is 4.81. The van der Waals surface area contributed by atoms with E-state index in [1.54, 1.807) is 12.1 Å². The minimum absolute atomic E-state index is 0. The summed E-state index contributed by atoms with van der Waals surface area (Å²) in [5.41, 5.74) is 0.240. The summed E-state index contributed by atoms with van der Waals surface area (Å²) in [6.07, 6.45) is 0. The van der Waals surface area contributed by atoms with Crippen molar-refractivity contribution < 1.29 is 50.8 Å². The van der Waals surface area contributed by atoms with Crippen molar-refractivity contribution in [2.45, 2.75) is 0 Å². The molecule has 4 nitrogen and oxygen atoms in total. The second-order valence-electron chi connectivity index (χ2n) is 4.06. The number of carbonyl (C=O) groups is 2. The standard InChI is InChI=1S/C14H8O4.Na.H/c15-9-5-6-10(16)12-11(9)13(17)7-3-1-2-4-8(7)14(12)18;;/h1-6,15-16H;;/q;+1;-1. The molecule has 1 aliphatic rings. The maximum Gasteiger partial charge on any atom is 1.00 e. The second-order valence-corrected chi connectivity index (χ2v) is 4.06. The van der Waals surface area contributed by atoms with Crippen molar-refractivity contribution in [3.8, 4) is 11.5 Å². The Morgan fingerprint density at radius 1 is 0.737 bits per heavy atom. The van der Waals surface area contributed by atoms with Crippen LogP contribution in [0.25, 0.3) is 0 Å². The average molecular weight is 264 g/mol. The first-order valence-electron chi connectivity index (χ1n) is 5.34. The summed E-state index contributed by atoms with van der Waals surface area (Å²) in [5.74, 6) is -1.49. The molecule has 0 spiro atoms. The van der Waals surface area contributed by atoms with E-state index >= 15 is 0 Å². The van der Waals surface area contributed by atoms with Gasteiger partial charge in [0.2, 0.25) is 0 Å². The van der Waals surface area contributed by atoms with Crippen molar-refractivity contribution in [1.29, 1.82) is 0 Å². The zero-order valence-corrected chi connectivity index (χ0v) is 12.2. The summed E-state index contributed by atoms with van der Waals surface area (Å²) < 4.78 is 0. The molecule has 2 aromatic carbocycles. The normalized spacial score (nSPS) is 12.4. The predicted molar refractivity (Wildman–Crippen MR) is 64.2 cm³/mol. The summed E-state index contributed by atoms with van der Waals surface area (Å²) in [6, 6.07) is 8.76. The van der Waals surface area contributed by atoms with Crippen LogP contribution in [0.4, 0.5) is 0 Å². The quantitative estimate of drug-likeness (QED) is 0.403. The van der Waals surface area contributed by atoms with Crippen LogP contribution in [0.2, 0.25) is 0 Å². The molecule has 1 aliphatic carbocycles. The van der Waals surface area contributed by atoms with Crippen LogP contribution < -0.4 is 29.6 Å². The minimum Gasteiger partial charge on any atom is -1.00 e. The van der Waals surface area contributed by atoms with E-state index in [9.17, 15) is 19.8 Å². The van der Waals surface area contributed by atoms with E-state index in [0.717, 1.165) is 0 Å². The Labute approximate surface area is 132 Å². The fourth-order valence-corrected chi connectivity index (χ4v) is 2.19. The van der Waals surface area contributed by atoms with Crippen molar-refractivity contribution in [3.05, 3.63) is 58.7 Å². The first kappa shape index (κ1) is 13.8. The molecule has 90 valence electrons. The molecule has 0 bridgehead atoms. The van der Waals surface area contributed by atoms with E-state index in [0.29, 0.717) is 0 Å². The van der Waals surface area contributed by atoms with Crippen LogP contribution in [0.5, 0.6) is 11.5 Å². The topological polar surface area (TPSA) is 74.6 Å². The zero-order valence-electron chi connectivity index (χ0n) is 11.2. The molecule has 0 fully saturated rings. The molecule has 0 aromatic heterocycles. The molecule has 0 saturated carbocycles. The number of ketones is 2. The Bertz CT molecular complexity index is 652. The molecule has 0 radical (unpaired) electrons. The van der Waals surface area contributed by atoms with Gasteiger partial charge in [0.05, 0.1) is 11.1 Å². The molecular weight excluding hydrogens is 255 g/mol. The van der Waals surface area contributed by atoms with Gasteiger partial charge in [-0.05, 0) is 12.1 Å². The Morgan fingerprint density at radius 3 is 1.47 bits per heavy atom. The number of rotatable bonds is 0. The Balaban J connectivity index is 0.000001000. The van der Waals surface area contributed by atoms with Crippen molar-refractivity contribution >= 4 is 11.6 Å². The Morgan fingerprint density at radius 2 is 1.11 bits per heavy atom. The maximum atomic E-state index is 12.2. The van der Waals surface area contributed by atoms with Gasteiger partial charge in [0, 0.05) is 11.1 Å². The number of fused-ring (bicyclic) bond motifs is 2. The molecule has 2 aromatic rings. The zero-order chi connectivity index (χ0) is 12.9. The van der Waals surface area contributed by atoms with E-state index in [1.807, 2.05) is 0 Å². The monoisotopic (exact) mass is 264 g/mol. The van der Waals surface area contributed by atoms with Gasteiger partial charge in [0.25, 0.3) is 0 Å². The molecule has 19 heavy (non-hydrogen) atoms. The molecule has 2 N–H and O–H groups in total. The number of phenolic OH excluding ortho intramolecular Hbond substituents is 2. The first-order valence-corrected chi connectivity index (χ1v) is 5.34. The first-order chi connectivity index (χ1) is 8.61. The molecule has 0 aliphatic heterocycles. The number of hydrogen-bond acceptors (Lipinski definition) is 4. The van der Waals surface area contributed by atoms with Gasteiger partial charge in [-0.1, -0.05) is 24.3 Å². The van der Waals surface area contributed by atoms with Crippen molar-refractivity contribution in [3.63, 3.8) is 0 Å². The van der Waals surface area contributed by atoms with E-state index in [2.05, 4.69) is 0 Å².